The molecule has 0 aliphatic carbocycles. The van der Waals surface area contributed by atoms with Crippen molar-refractivity contribution in [1.29, 1.82) is 0 Å². The minimum absolute atomic E-state index is 0.0195. The van der Waals surface area contributed by atoms with Gasteiger partial charge in [0.05, 0.1) is 22.0 Å². The Morgan fingerprint density at radius 3 is 2.74 bits per heavy atom. The van der Waals surface area contributed by atoms with Crippen molar-refractivity contribution in [2.24, 2.45) is 7.05 Å². The van der Waals surface area contributed by atoms with Crippen LogP contribution in [0, 0.1) is 0 Å². The van der Waals surface area contributed by atoms with Gasteiger partial charge in [0, 0.05) is 31.9 Å². The van der Waals surface area contributed by atoms with E-state index in [0.29, 0.717) is 23.9 Å². The fraction of sp³-hybridized carbons (Fsp3) is 0.250. The lowest BCUT2D eigenvalue weighted by molar-refractivity contribution is -0.137. The number of halogens is 4. The predicted molar refractivity (Wildman–Crippen MR) is 114 cm³/mol. The molecule has 0 bridgehead atoms. The summed E-state index contributed by atoms with van der Waals surface area (Å²) in [5, 5.41) is 11.3. The number of nitrogens with one attached hydrogen (secondary N) is 1. The molecule has 0 aliphatic heterocycles. The Balaban J connectivity index is 1.69. The van der Waals surface area contributed by atoms with Gasteiger partial charge in [0.1, 0.15) is 5.82 Å². The molecular formula is C20H19ClF3N5OS. The summed E-state index contributed by atoms with van der Waals surface area (Å²) in [6.07, 6.45) is -0.349. The largest absolute Gasteiger partial charge is 0.416 e. The number of carbonyl (C=O) groups excluding carboxylic acids is 1. The third-order valence-corrected chi connectivity index (χ3v) is 5.69. The number of carbonyl (C=O) groups is 1. The van der Waals surface area contributed by atoms with E-state index in [9.17, 15) is 18.0 Å². The minimum Gasteiger partial charge on any atom is -0.354 e. The summed E-state index contributed by atoms with van der Waals surface area (Å²) in [5.74, 6) is 0.125. The number of rotatable bonds is 8. The molecule has 0 atom stereocenters. The Morgan fingerprint density at radius 2 is 2.10 bits per heavy atom. The van der Waals surface area contributed by atoms with Crippen LogP contribution >= 0.6 is 23.4 Å². The van der Waals surface area contributed by atoms with Gasteiger partial charge in [0.15, 0.2) is 5.16 Å². The van der Waals surface area contributed by atoms with Crippen molar-refractivity contribution < 1.29 is 18.0 Å². The molecule has 1 aromatic carbocycles. The molecule has 2 heterocycles. The van der Waals surface area contributed by atoms with Gasteiger partial charge in [-0.2, -0.15) is 13.2 Å². The monoisotopic (exact) mass is 469 g/mol. The number of alkyl halides is 3. The van der Waals surface area contributed by atoms with Crippen LogP contribution in [-0.4, -0.2) is 31.0 Å². The van der Waals surface area contributed by atoms with E-state index in [4.69, 9.17) is 11.6 Å². The third-order valence-electron chi connectivity index (χ3n) is 4.40. The molecule has 0 radical (unpaired) electrons. The lowest BCUT2D eigenvalue weighted by Gasteiger charge is -2.12. The number of benzene rings is 1. The van der Waals surface area contributed by atoms with Gasteiger partial charge >= 0.3 is 6.18 Å². The number of hydrogen-bond donors (Lipinski definition) is 1. The van der Waals surface area contributed by atoms with Gasteiger partial charge in [-0.3, -0.25) is 4.79 Å². The molecule has 11 heteroatoms. The second-order valence-corrected chi connectivity index (χ2v) is 7.96. The highest BCUT2D eigenvalue weighted by Crippen LogP contribution is 2.34. The van der Waals surface area contributed by atoms with Gasteiger partial charge in [-0.25, -0.2) is 0 Å². The first-order valence-corrected chi connectivity index (χ1v) is 10.5. The van der Waals surface area contributed by atoms with Gasteiger partial charge in [-0.1, -0.05) is 29.4 Å². The normalized spacial score (nSPS) is 11.5. The zero-order chi connectivity index (χ0) is 22.6. The van der Waals surface area contributed by atoms with Crippen molar-refractivity contribution in [2.75, 3.05) is 11.1 Å². The smallest absolute Gasteiger partial charge is 0.354 e. The first-order chi connectivity index (χ1) is 14.7. The molecule has 3 aromatic rings. The van der Waals surface area contributed by atoms with Crippen LogP contribution in [0.15, 0.2) is 54.3 Å². The maximum absolute atomic E-state index is 12.9. The first kappa shape index (κ1) is 23.0. The van der Waals surface area contributed by atoms with Crippen LogP contribution in [0.4, 0.5) is 18.9 Å². The summed E-state index contributed by atoms with van der Waals surface area (Å²) < 4.78 is 42.5. The average molecular weight is 470 g/mol. The number of aromatic nitrogens is 4. The van der Waals surface area contributed by atoms with Crippen LogP contribution in [0.25, 0.3) is 0 Å². The van der Waals surface area contributed by atoms with E-state index >= 15 is 0 Å². The number of allylic oxidation sites excluding steroid dienone is 1. The number of thioether (sulfide) groups is 1. The van der Waals surface area contributed by atoms with Crippen LogP contribution < -0.4 is 5.32 Å². The average Bonchev–Trinajstić information content (AvgIpc) is 3.28. The number of amides is 1. The number of anilines is 1. The number of aryl methyl sites for hydroxylation is 1. The van der Waals surface area contributed by atoms with Crippen LogP contribution in [0.5, 0.6) is 0 Å². The summed E-state index contributed by atoms with van der Waals surface area (Å²) in [7, 11) is 1.93. The van der Waals surface area contributed by atoms with Crippen LogP contribution in [0.2, 0.25) is 5.02 Å². The second-order valence-electron chi connectivity index (χ2n) is 6.61. The third kappa shape index (κ3) is 5.71. The molecule has 164 valence electrons. The highest BCUT2D eigenvalue weighted by molar-refractivity contribution is 7.99. The van der Waals surface area contributed by atoms with Crippen molar-refractivity contribution in [3.63, 3.8) is 0 Å². The fourth-order valence-corrected chi connectivity index (χ4v) is 3.76. The Kier molecular flexibility index (Phi) is 7.11. The second kappa shape index (κ2) is 9.61. The lowest BCUT2D eigenvalue weighted by Crippen LogP contribution is -2.16. The van der Waals surface area contributed by atoms with E-state index in [1.165, 1.54) is 0 Å². The topological polar surface area (TPSA) is 64.7 Å². The molecule has 0 saturated heterocycles. The van der Waals surface area contributed by atoms with Crippen molar-refractivity contribution in [3.05, 3.63) is 71.3 Å². The molecule has 0 aliphatic rings. The Morgan fingerprint density at radius 1 is 1.32 bits per heavy atom. The Labute approximate surface area is 186 Å². The van der Waals surface area contributed by atoms with Crippen molar-refractivity contribution in [2.45, 2.75) is 24.3 Å². The predicted octanol–water partition coefficient (Wildman–Crippen LogP) is 4.80. The van der Waals surface area contributed by atoms with Crippen molar-refractivity contribution >= 4 is 35.0 Å². The fourth-order valence-electron chi connectivity index (χ4n) is 2.82. The van der Waals surface area contributed by atoms with Crippen LogP contribution in [0.3, 0.4) is 0 Å². The number of hydrogen-bond acceptors (Lipinski definition) is 4. The molecule has 31 heavy (non-hydrogen) atoms. The zero-order valence-corrected chi connectivity index (χ0v) is 18.1. The summed E-state index contributed by atoms with van der Waals surface area (Å²) in [6.45, 7) is 4.20. The molecule has 0 saturated carbocycles. The van der Waals surface area contributed by atoms with E-state index in [-0.39, 0.29) is 16.5 Å². The van der Waals surface area contributed by atoms with E-state index in [1.54, 1.807) is 6.08 Å². The lowest BCUT2D eigenvalue weighted by atomic mass is 10.2. The summed E-state index contributed by atoms with van der Waals surface area (Å²) in [5.41, 5.74) is 0.0566. The zero-order valence-electron chi connectivity index (χ0n) is 16.5. The minimum atomic E-state index is -4.53. The molecule has 1 N–H and O–H groups in total. The first-order valence-electron chi connectivity index (χ1n) is 9.11. The highest BCUT2D eigenvalue weighted by atomic mass is 35.5. The van der Waals surface area contributed by atoms with Gasteiger partial charge in [0.25, 0.3) is 0 Å². The van der Waals surface area contributed by atoms with E-state index in [1.807, 2.05) is 34.5 Å². The summed E-state index contributed by atoms with van der Waals surface area (Å²) in [6, 6.07) is 6.68. The van der Waals surface area contributed by atoms with Gasteiger partial charge in [-0.15, -0.1) is 16.8 Å². The summed E-state index contributed by atoms with van der Waals surface area (Å²) >= 11 is 7.05. The molecule has 6 nitrogen and oxygen atoms in total. The molecule has 0 spiro atoms. The maximum atomic E-state index is 12.9. The van der Waals surface area contributed by atoms with Gasteiger partial charge < -0.3 is 14.5 Å². The van der Waals surface area contributed by atoms with Gasteiger partial charge in [-0.05, 0) is 30.3 Å². The Hall–Kier alpha value is -2.72. The molecule has 3 rings (SSSR count). The van der Waals surface area contributed by atoms with Crippen LogP contribution in [0.1, 0.15) is 17.1 Å². The van der Waals surface area contributed by atoms with Crippen LogP contribution in [-0.2, 0) is 31.0 Å². The molecule has 2 aromatic heterocycles. The van der Waals surface area contributed by atoms with E-state index in [2.05, 4.69) is 22.1 Å². The molecule has 0 unspecified atom stereocenters. The number of nitrogens with zero attached hydrogens (tertiary/aromatic N) is 4. The van der Waals surface area contributed by atoms with E-state index in [0.717, 1.165) is 35.7 Å². The van der Waals surface area contributed by atoms with E-state index < -0.39 is 17.6 Å². The summed E-state index contributed by atoms with van der Waals surface area (Å²) in [4.78, 5) is 12.3. The standard InChI is InChI=1S/C20H19ClF3N5OS/c1-3-8-29-17(11-14-5-4-9-28(14)2)26-27-19(29)31-12-18(30)25-16-10-13(20(22,23)24)6-7-15(16)21/h3-7,9-10H,1,8,11-12H2,2H3,(H,25,30). The quantitative estimate of drug-likeness (QED) is 0.380. The van der Waals surface area contributed by atoms with Gasteiger partial charge in [0.2, 0.25) is 5.91 Å². The van der Waals surface area contributed by atoms with Crippen molar-refractivity contribution in [3.8, 4) is 0 Å². The highest BCUT2D eigenvalue weighted by Gasteiger charge is 2.31. The van der Waals surface area contributed by atoms with Crippen molar-refractivity contribution in [1.82, 2.24) is 19.3 Å². The molecule has 1 amide bonds. The maximum Gasteiger partial charge on any atom is 0.416 e. The SMILES string of the molecule is C=CCn1c(Cc2cccn2C)nnc1SCC(=O)Nc1cc(C(F)(F)F)ccc1Cl. The Bertz CT molecular complexity index is 1090. The molecular weight excluding hydrogens is 451 g/mol. The molecule has 0 fully saturated rings.